The van der Waals surface area contributed by atoms with Crippen LogP contribution < -0.4 is 5.32 Å². The largest absolute Gasteiger partial charge is 0.411 e. The van der Waals surface area contributed by atoms with Gasteiger partial charge in [-0.15, -0.1) is 10.2 Å². The molecule has 4 rings (SSSR count). The zero-order valence-corrected chi connectivity index (χ0v) is 15.4. The number of amides is 1. The molecule has 1 amide bonds. The first-order valence-electron chi connectivity index (χ1n) is 8.34. The fourth-order valence-corrected chi connectivity index (χ4v) is 3.33. The highest BCUT2D eigenvalue weighted by molar-refractivity contribution is 8.00. The summed E-state index contributed by atoms with van der Waals surface area (Å²) in [6.45, 7) is 1.60. The van der Waals surface area contributed by atoms with Crippen LogP contribution in [0.4, 0.5) is 14.5 Å². The number of para-hydroxylation sites is 1. The second-order valence-corrected chi connectivity index (χ2v) is 7.29. The van der Waals surface area contributed by atoms with Gasteiger partial charge in [0.05, 0.1) is 16.5 Å². The van der Waals surface area contributed by atoms with Crippen molar-refractivity contribution in [1.82, 2.24) is 15.2 Å². The number of halogens is 2. The standard InChI is InChI=1S/C19H14F2N4O2S/c1-10(17(26)23-16-8-11(20)6-7-14(16)21)28-19-25-24-18(27-19)13-9-22-15-5-3-2-4-12(13)15/h2-10,22H,1H3,(H,23,26)/t10-/m1/s1. The predicted octanol–water partition coefficient (Wildman–Crippen LogP) is 4.62. The van der Waals surface area contributed by atoms with Gasteiger partial charge in [-0.25, -0.2) is 8.78 Å². The van der Waals surface area contributed by atoms with Crippen molar-refractivity contribution in [3.05, 3.63) is 60.3 Å². The predicted molar refractivity (Wildman–Crippen MR) is 102 cm³/mol. The van der Waals surface area contributed by atoms with Crippen LogP contribution in [-0.4, -0.2) is 26.3 Å². The number of nitrogens with zero attached hydrogens (tertiary/aromatic N) is 2. The van der Waals surface area contributed by atoms with Crippen LogP contribution >= 0.6 is 11.8 Å². The van der Waals surface area contributed by atoms with Crippen molar-refractivity contribution in [2.45, 2.75) is 17.4 Å². The highest BCUT2D eigenvalue weighted by Crippen LogP contribution is 2.31. The van der Waals surface area contributed by atoms with Crippen molar-refractivity contribution in [1.29, 1.82) is 0 Å². The topological polar surface area (TPSA) is 83.8 Å². The van der Waals surface area contributed by atoms with Gasteiger partial charge < -0.3 is 14.7 Å². The number of H-pyrrole nitrogens is 1. The van der Waals surface area contributed by atoms with Crippen molar-refractivity contribution >= 4 is 34.3 Å². The molecular formula is C19H14F2N4O2S. The second-order valence-electron chi connectivity index (χ2n) is 5.99. The van der Waals surface area contributed by atoms with Crippen LogP contribution in [0, 0.1) is 11.6 Å². The Kier molecular flexibility index (Phi) is 4.82. The van der Waals surface area contributed by atoms with Crippen molar-refractivity contribution in [2.24, 2.45) is 0 Å². The number of anilines is 1. The first-order valence-corrected chi connectivity index (χ1v) is 9.22. The van der Waals surface area contributed by atoms with Gasteiger partial charge in [0.25, 0.3) is 11.1 Å². The molecule has 28 heavy (non-hydrogen) atoms. The maximum atomic E-state index is 13.7. The Balaban J connectivity index is 1.47. The second kappa shape index (κ2) is 7.43. The van der Waals surface area contributed by atoms with E-state index < -0.39 is 22.8 Å². The molecule has 0 fully saturated rings. The molecule has 0 radical (unpaired) electrons. The lowest BCUT2D eigenvalue weighted by Gasteiger charge is -2.10. The summed E-state index contributed by atoms with van der Waals surface area (Å²) in [5.74, 6) is -1.55. The average molecular weight is 400 g/mol. The van der Waals surface area contributed by atoms with Crippen LogP contribution in [-0.2, 0) is 4.79 Å². The minimum absolute atomic E-state index is 0.197. The molecule has 9 heteroatoms. The fraction of sp³-hybridized carbons (Fsp3) is 0.105. The van der Waals surface area contributed by atoms with Gasteiger partial charge in [-0.05, 0) is 25.1 Å². The number of fused-ring (bicyclic) bond motifs is 1. The van der Waals surface area contributed by atoms with E-state index >= 15 is 0 Å². The Morgan fingerprint density at radius 3 is 2.89 bits per heavy atom. The van der Waals surface area contributed by atoms with Gasteiger partial charge in [0, 0.05) is 23.2 Å². The maximum absolute atomic E-state index is 13.7. The SMILES string of the molecule is C[C@@H](Sc1nnc(-c2c[nH]c3ccccc23)o1)C(=O)Nc1cc(F)ccc1F. The molecule has 2 aromatic heterocycles. The molecule has 2 heterocycles. The third-order valence-corrected chi connectivity index (χ3v) is 4.99. The molecule has 0 aliphatic rings. The summed E-state index contributed by atoms with van der Waals surface area (Å²) in [4.78, 5) is 15.4. The number of benzene rings is 2. The number of thioether (sulfide) groups is 1. The van der Waals surface area contributed by atoms with Crippen LogP contribution in [0.25, 0.3) is 22.4 Å². The Hall–Kier alpha value is -3.20. The lowest BCUT2D eigenvalue weighted by atomic mass is 10.2. The Morgan fingerprint density at radius 2 is 2.04 bits per heavy atom. The number of carbonyl (C=O) groups excluding carboxylic acids is 1. The molecule has 1 atom stereocenters. The molecule has 0 aliphatic carbocycles. The Bertz CT molecular complexity index is 1160. The number of aromatic nitrogens is 3. The van der Waals surface area contributed by atoms with Crippen molar-refractivity contribution in [2.75, 3.05) is 5.32 Å². The molecule has 2 N–H and O–H groups in total. The molecule has 0 unspecified atom stereocenters. The molecular weight excluding hydrogens is 386 g/mol. The summed E-state index contributed by atoms with van der Waals surface area (Å²) < 4.78 is 32.6. The van der Waals surface area contributed by atoms with Gasteiger partial charge in [0.15, 0.2) is 0 Å². The number of carbonyl (C=O) groups is 1. The summed E-state index contributed by atoms with van der Waals surface area (Å²) in [5, 5.41) is 10.8. The number of hydrogen-bond acceptors (Lipinski definition) is 5. The molecule has 2 aromatic carbocycles. The van der Waals surface area contributed by atoms with Gasteiger partial charge >= 0.3 is 0 Å². The van der Waals surface area contributed by atoms with Crippen molar-refractivity contribution < 1.29 is 18.0 Å². The highest BCUT2D eigenvalue weighted by atomic mass is 32.2. The van der Waals surface area contributed by atoms with Gasteiger partial charge in [-0.1, -0.05) is 30.0 Å². The van der Waals surface area contributed by atoms with E-state index in [9.17, 15) is 13.6 Å². The van der Waals surface area contributed by atoms with E-state index in [-0.39, 0.29) is 10.9 Å². The smallest absolute Gasteiger partial charge is 0.277 e. The summed E-state index contributed by atoms with van der Waals surface area (Å²) in [6, 6.07) is 10.5. The van der Waals surface area contributed by atoms with E-state index in [4.69, 9.17) is 4.42 Å². The van der Waals surface area contributed by atoms with Gasteiger partial charge in [0.1, 0.15) is 11.6 Å². The molecule has 0 spiro atoms. The average Bonchev–Trinajstić information content (AvgIpc) is 3.31. The first-order chi connectivity index (χ1) is 13.5. The van der Waals surface area contributed by atoms with E-state index in [0.29, 0.717) is 5.89 Å². The molecule has 0 bridgehead atoms. The van der Waals surface area contributed by atoms with Crippen LogP contribution in [0.5, 0.6) is 0 Å². The van der Waals surface area contributed by atoms with Crippen LogP contribution in [0.3, 0.4) is 0 Å². The van der Waals surface area contributed by atoms with Crippen LogP contribution in [0.15, 0.2) is 58.3 Å². The highest BCUT2D eigenvalue weighted by Gasteiger charge is 2.21. The van der Waals surface area contributed by atoms with E-state index in [2.05, 4.69) is 20.5 Å². The van der Waals surface area contributed by atoms with E-state index in [1.54, 1.807) is 13.1 Å². The van der Waals surface area contributed by atoms with Crippen molar-refractivity contribution in [3.63, 3.8) is 0 Å². The third-order valence-electron chi connectivity index (χ3n) is 4.06. The molecule has 4 aromatic rings. The maximum Gasteiger partial charge on any atom is 0.277 e. The zero-order chi connectivity index (χ0) is 19.7. The number of nitrogens with one attached hydrogen (secondary N) is 2. The molecule has 142 valence electrons. The number of rotatable bonds is 5. The number of hydrogen-bond donors (Lipinski definition) is 2. The minimum atomic E-state index is -0.716. The fourth-order valence-electron chi connectivity index (χ4n) is 2.65. The van der Waals surface area contributed by atoms with Crippen molar-refractivity contribution in [3.8, 4) is 11.5 Å². The summed E-state index contributed by atoms with van der Waals surface area (Å²) in [5.41, 5.74) is 1.48. The van der Waals surface area contributed by atoms with Crippen LogP contribution in [0.2, 0.25) is 0 Å². The van der Waals surface area contributed by atoms with E-state index in [0.717, 1.165) is 46.4 Å². The van der Waals surface area contributed by atoms with E-state index in [1.807, 2.05) is 24.3 Å². The molecule has 0 saturated carbocycles. The summed E-state index contributed by atoms with van der Waals surface area (Å²) in [7, 11) is 0. The third kappa shape index (κ3) is 3.61. The normalized spacial score (nSPS) is 12.2. The molecule has 0 aliphatic heterocycles. The molecule has 0 saturated heterocycles. The van der Waals surface area contributed by atoms with Gasteiger partial charge in [-0.2, -0.15) is 0 Å². The van der Waals surface area contributed by atoms with Gasteiger partial charge in [0.2, 0.25) is 5.91 Å². The Morgan fingerprint density at radius 1 is 1.21 bits per heavy atom. The quantitative estimate of drug-likeness (QED) is 0.478. The van der Waals surface area contributed by atoms with Gasteiger partial charge in [-0.3, -0.25) is 4.79 Å². The zero-order valence-electron chi connectivity index (χ0n) is 14.6. The van der Waals surface area contributed by atoms with E-state index in [1.165, 1.54) is 0 Å². The molecule has 6 nitrogen and oxygen atoms in total. The monoisotopic (exact) mass is 400 g/mol. The summed E-state index contributed by atoms with van der Waals surface area (Å²) in [6.07, 6.45) is 1.77. The lowest BCUT2D eigenvalue weighted by Crippen LogP contribution is -2.23. The minimum Gasteiger partial charge on any atom is -0.411 e. The summed E-state index contributed by atoms with van der Waals surface area (Å²) >= 11 is 1.03. The first kappa shape index (κ1) is 18.2. The lowest BCUT2D eigenvalue weighted by molar-refractivity contribution is -0.115. The number of aromatic amines is 1. The Labute approximate surface area is 162 Å². The van der Waals surface area contributed by atoms with Crippen LogP contribution in [0.1, 0.15) is 6.92 Å².